The highest BCUT2D eigenvalue weighted by molar-refractivity contribution is 6.30. The van der Waals surface area contributed by atoms with Gasteiger partial charge in [-0.1, -0.05) is 59.6 Å². The molecule has 0 fully saturated rings. The number of halogens is 1. The molecule has 4 nitrogen and oxygen atoms in total. The molecule has 156 valence electrons. The molecular weight excluding hydrogens is 404 g/mol. The Morgan fingerprint density at radius 3 is 2.71 bits per heavy atom. The summed E-state index contributed by atoms with van der Waals surface area (Å²) in [6.07, 6.45) is 12.3. The number of allylic oxidation sites excluding steroid dienone is 1. The summed E-state index contributed by atoms with van der Waals surface area (Å²) in [6, 6.07) is 18.3. The van der Waals surface area contributed by atoms with E-state index in [0.717, 1.165) is 46.6 Å². The van der Waals surface area contributed by atoms with E-state index >= 15 is 0 Å². The van der Waals surface area contributed by atoms with E-state index in [0.29, 0.717) is 5.02 Å². The molecule has 1 aliphatic rings. The molecule has 4 aromatic rings. The second kappa shape index (κ2) is 8.94. The average Bonchev–Trinajstić information content (AvgIpc) is 3.21. The van der Waals surface area contributed by atoms with Gasteiger partial charge >= 0.3 is 0 Å². The van der Waals surface area contributed by atoms with Gasteiger partial charge in [0.2, 0.25) is 0 Å². The van der Waals surface area contributed by atoms with Crippen molar-refractivity contribution in [2.75, 3.05) is 11.9 Å². The van der Waals surface area contributed by atoms with E-state index in [1.165, 1.54) is 25.7 Å². The van der Waals surface area contributed by atoms with Crippen LogP contribution in [0.3, 0.4) is 0 Å². The zero-order valence-electron chi connectivity index (χ0n) is 17.4. The molecule has 0 amide bonds. The Hall–Kier alpha value is -3.11. The summed E-state index contributed by atoms with van der Waals surface area (Å²) in [7, 11) is 0. The van der Waals surface area contributed by atoms with Gasteiger partial charge < -0.3 is 9.88 Å². The van der Waals surface area contributed by atoms with E-state index in [4.69, 9.17) is 11.6 Å². The molecule has 2 heterocycles. The molecule has 0 bridgehead atoms. The monoisotopic (exact) mass is 428 g/mol. The summed E-state index contributed by atoms with van der Waals surface area (Å²) < 4.78 is 2.10. The minimum atomic E-state index is 0.703. The Labute approximate surface area is 187 Å². The third-order valence-corrected chi connectivity index (χ3v) is 6.11. The van der Waals surface area contributed by atoms with E-state index in [2.05, 4.69) is 56.4 Å². The van der Waals surface area contributed by atoms with Gasteiger partial charge in [0.1, 0.15) is 12.1 Å². The van der Waals surface area contributed by atoms with Crippen molar-refractivity contribution < 1.29 is 0 Å². The largest absolute Gasteiger partial charge is 0.369 e. The van der Waals surface area contributed by atoms with Crippen LogP contribution in [0.4, 0.5) is 5.82 Å². The van der Waals surface area contributed by atoms with E-state index in [9.17, 15) is 0 Å². The predicted molar refractivity (Wildman–Crippen MR) is 129 cm³/mol. The quantitative estimate of drug-likeness (QED) is 0.335. The number of nitrogens with zero attached hydrogens (tertiary/aromatic N) is 3. The minimum Gasteiger partial charge on any atom is -0.369 e. The first-order valence-corrected chi connectivity index (χ1v) is 11.3. The highest BCUT2D eigenvalue weighted by atomic mass is 35.5. The van der Waals surface area contributed by atoms with Gasteiger partial charge in [0.05, 0.1) is 5.39 Å². The van der Waals surface area contributed by atoms with E-state index in [1.807, 2.05) is 30.3 Å². The van der Waals surface area contributed by atoms with Gasteiger partial charge in [0.15, 0.2) is 5.65 Å². The molecular formula is C26H25ClN4. The molecule has 5 rings (SSSR count). The molecule has 2 aromatic carbocycles. The van der Waals surface area contributed by atoms with Crippen molar-refractivity contribution in [3.63, 3.8) is 0 Å². The van der Waals surface area contributed by atoms with Crippen LogP contribution >= 0.6 is 11.6 Å². The first-order valence-electron chi connectivity index (χ1n) is 10.9. The van der Waals surface area contributed by atoms with Crippen molar-refractivity contribution in [1.29, 1.82) is 0 Å². The maximum Gasteiger partial charge on any atom is 0.150 e. The molecule has 31 heavy (non-hydrogen) atoms. The van der Waals surface area contributed by atoms with Crippen LogP contribution in [0.15, 0.2) is 78.8 Å². The smallest absolute Gasteiger partial charge is 0.150 e. The first-order chi connectivity index (χ1) is 15.3. The van der Waals surface area contributed by atoms with Crippen molar-refractivity contribution in [3.05, 3.63) is 83.8 Å². The predicted octanol–water partition coefficient (Wildman–Crippen LogP) is 7.04. The zero-order valence-corrected chi connectivity index (χ0v) is 18.1. The standard InChI is InChI=1S/C26H25ClN4/c27-21-12-7-13-22(16-21)31-17-23(20-10-5-2-6-11-20)24-25(29-18-30-26(24)31)28-15-14-19-8-3-1-4-9-19/h2,5-8,10-13,16-18H,1,3-4,9,14-15H2,(H,28,29,30). The fraction of sp³-hybridized carbons (Fsp3) is 0.231. The van der Waals surface area contributed by atoms with Crippen LogP contribution < -0.4 is 5.32 Å². The SMILES string of the molecule is Clc1cccc(-n2cc(-c3ccccc3)c3c(NCCC4=CCCCC4)ncnc32)c1. The molecule has 5 heteroatoms. The Balaban J connectivity index is 1.57. The van der Waals surface area contributed by atoms with Gasteiger partial charge in [-0.3, -0.25) is 0 Å². The third kappa shape index (κ3) is 4.21. The number of hydrogen-bond donors (Lipinski definition) is 1. The number of nitrogens with one attached hydrogen (secondary N) is 1. The Kier molecular flexibility index (Phi) is 5.72. The minimum absolute atomic E-state index is 0.703. The lowest BCUT2D eigenvalue weighted by Crippen LogP contribution is -2.07. The van der Waals surface area contributed by atoms with Crippen molar-refractivity contribution in [2.24, 2.45) is 0 Å². The van der Waals surface area contributed by atoms with Crippen LogP contribution in [0, 0.1) is 0 Å². The fourth-order valence-electron chi connectivity index (χ4n) is 4.33. The number of anilines is 1. The molecule has 0 spiro atoms. The maximum atomic E-state index is 6.28. The Morgan fingerprint density at radius 2 is 1.90 bits per heavy atom. The summed E-state index contributed by atoms with van der Waals surface area (Å²) in [5.74, 6) is 0.876. The molecule has 0 radical (unpaired) electrons. The number of rotatable bonds is 6. The lowest BCUT2D eigenvalue weighted by molar-refractivity contribution is 0.679. The summed E-state index contributed by atoms with van der Waals surface area (Å²) in [4.78, 5) is 9.27. The van der Waals surface area contributed by atoms with Crippen LogP contribution in [-0.4, -0.2) is 21.1 Å². The Bertz CT molecular complexity index is 1230. The number of benzene rings is 2. The molecule has 0 saturated heterocycles. The van der Waals surface area contributed by atoms with Gasteiger partial charge in [-0.2, -0.15) is 0 Å². The number of fused-ring (bicyclic) bond motifs is 1. The second-order valence-electron chi connectivity index (χ2n) is 7.96. The molecule has 0 unspecified atom stereocenters. The van der Waals surface area contributed by atoms with Crippen LogP contribution in [0.2, 0.25) is 5.02 Å². The molecule has 0 atom stereocenters. The summed E-state index contributed by atoms with van der Waals surface area (Å²) in [5, 5.41) is 5.33. The fourth-order valence-corrected chi connectivity index (χ4v) is 4.51. The third-order valence-electron chi connectivity index (χ3n) is 5.88. The van der Waals surface area contributed by atoms with E-state index in [-0.39, 0.29) is 0 Å². The lowest BCUT2D eigenvalue weighted by atomic mass is 9.97. The highest BCUT2D eigenvalue weighted by Crippen LogP contribution is 2.35. The van der Waals surface area contributed by atoms with Crippen molar-refractivity contribution in [3.8, 4) is 16.8 Å². The normalized spacial score (nSPS) is 13.9. The first kappa shape index (κ1) is 19.8. The van der Waals surface area contributed by atoms with Crippen molar-refractivity contribution >= 4 is 28.5 Å². The summed E-state index contributed by atoms with van der Waals surface area (Å²) >= 11 is 6.28. The zero-order chi connectivity index (χ0) is 21.0. The topological polar surface area (TPSA) is 42.7 Å². The van der Waals surface area contributed by atoms with Crippen molar-refractivity contribution in [1.82, 2.24) is 14.5 Å². The Morgan fingerprint density at radius 1 is 1.00 bits per heavy atom. The van der Waals surface area contributed by atoms with Gasteiger partial charge in [-0.25, -0.2) is 9.97 Å². The molecule has 1 N–H and O–H groups in total. The van der Waals surface area contributed by atoms with Gasteiger partial charge in [0.25, 0.3) is 0 Å². The van der Waals surface area contributed by atoms with Crippen molar-refractivity contribution in [2.45, 2.75) is 32.1 Å². The maximum absolute atomic E-state index is 6.28. The summed E-state index contributed by atoms with van der Waals surface area (Å²) in [6.45, 7) is 0.870. The number of aromatic nitrogens is 3. The summed E-state index contributed by atoms with van der Waals surface area (Å²) in [5.41, 5.74) is 5.66. The molecule has 0 saturated carbocycles. The van der Waals surface area contributed by atoms with Gasteiger partial charge in [0, 0.05) is 29.0 Å². The van der Waals surface area contributed by atoms with Crippen LogP contribution in [-0.2, 0) is 0 Å². The van der Waals surface area contributed by atoms with E-state index < -0.39 is 0 Å². The molecule has 1 aliphatic carbocycles. The highest BCUT2D eigenvalue weighted by Gasteiger charge is 2.17. The van der Waals surface area contributed by atoms with Crippen LogP contribution in [0.25, 0.3) is 27.8 Å². The van der Waals surface area contributed by atoms with Gasteiger partial charge in [-0.15, -0.1) is 0 Å². The molecule has 2 aromatic heterocycles. The second-order valence-corrected chi connectivity index (χ2v) is 8.40. The van der Waals surface area contributed by atoms with E-state index in [1.54, 1.807) is 11.9 Å². The lowest BCUT2D eigenvalue weighted by Gasteiger charge is -2.14. The molecule has 0 aliphatic heterocycles. The van der Waals surface area contributed by atoms with Crippen LogP contribution in [0.5, 0.6) is 0 Å². The number of hydrogen-bond acceptors (Lipinski definition) is 3. The van der Waals surface area contributed by atoms with Gasteiger partial charge in [-0.05, 0) is 55.9 Å². The average molecular weight is 429 g/mol. The van der Waals surface area contributed by atoms with Crippen LogP contribution in [0.1, 0.15) is 32.1 Å².